The van der Waals surface area contributed by atoms with Gasteiger partial charge in [-0.2, -0.15) is 11.3 Å². The largest absolute Gasteiger partial charge is 0.335 e. The number of aromatic nitrogens is 1. The van der Waals surface area contributed by atoms with Gasteiger partial charge in [0.2, 0.25) is 5.91 Å². The van der Waals surface area contributed by atoms with E-state index in [0.717, 1.165) is 21.8 Å². The first-order chi connectivity index (χ1) is 11.5. The van der Waals surface area contributed by atoms with Crippen molar-refractivity contribution >= 4 is 38.8 Å². The molecule has 0 saturated heterocycles. The van der Waals surface area contributed by atoms with E-state index in [1.165, 1.54) is 5.56 Å². The van der Waals surface area contributed by atoms with Gasteiger partial charge < -0.3 is 4.90 Å². The summed E-state index contributed by atoms with van der Waals surface area (Å²) in [5.74, 6) is 0.111. The smallest absolute Gasteiger partial charge is 0.237 e. The summed E-state index contributed by atoms with van der Waals surface area (Å²) in [4.78, 5) is 21.1. The van der Waals surface area contributed by atoms with E-state index in [1.807, 2.05) is 44.1 Å². The number of carbonyl (C=O) groups is 1. The molecule has 0 aliphatic rings. The lowest BCUT2D eigenvalue weighted by Gasteiger charge is -2.26. The summed E-state index contributed by atoms with van der Waals surface area (Å²) >= 11 is 3.34. The quantitative estimate of drug-likeness (QED) is 0.667. The molecule has 2 aromatic heterocycles. The second-order valence-corrected chi connectivity index (χ2v) is 7.85. The number of carbonyl (C=O) groups excluding carboxylic acids is 1. The summed E-state index contributed by atoms with van der Waals surface area (Å²) in [7, 11) is 3.84. The van der Waals surface area contributed by atoms with Gasteiger partial charge in [-0.1, -0.05) is 12.1 Å². The maximum absolute atomic E-state index is 12.6. The predicted molar refractivity (Wildman–Crippen MR) is 101 cm³/mol. The lowest BCUT2D eigenvalue weighted by molar-refractivity contribution is -0.132. The van der Waals surface area contributed by atoms with Crippen LogP contribution in [0.25, 0.3) is 10.2 Å². The fourth-order valence-electron chi connectivity index (χ4n) is 2.54. The van der Waals surface area contributed by atoms with E-state index in [4.69, 9.17) is 0 Å². The highest BCUT2D eigenvalue weighted by atomic mass is 32.1. The van der Waals surface area contributed by atoms with Crippen LogP contribution in [0.3, 0.4) is 0 Å². The summed E-state index contributed by atoms with van der Waals surface area (Å²) in [6.07, 6.45) is 0. The molecular weight excluding hydrogens is 338 g/mol. The molecule has 0 N–H and O–H groups in total. The van der Waals surface area contributed by atoms with E-state index in [0.29, 0.717) is 6.54 Å². The van der Waals surface area contributed by atoms with Crippen molar-refractivity contribution < 1.29 is 4.79 Å². The van der Waals surface area contributed by atoms with Gasteiger partial charge in [0.25, 0.3) is 0 Å². The van der Waals surface area contributed by atoms with Gasteiger partial charge in [-0.3, -0.25) is 9.69 Å². The second kappa shape index (κ2) is 7.42. The van der Waals surface area contributed by atoms with Crippen LogP contribution in [-0.2, 0) is 11.3 Å². The van der Waals surface area contributed by atoms with Gasteiger partial charge in [-0.25, -0.2) is 4.98 Å². The Morgan fingerprint density at radius 2 is 2.04 bits per heavy atom. The molecule has 1 atom stereocenters. The Kier molecular flexibility index (Phi) is 5.28. The number of fused-ring (bicyclic) bond motifs is 1. The number of thiophene rings is 1. The molecule has 0 aliphatic carbocycles. The van der Waals surface area contributed by atoms with Crippen LogP contribution in [0.4, 0.5) is 0 Å². The van der Waals surface area contributed by atoms with E-state index in [1.54, 1.807) is 27.6 Å². The number of hydrogen-bond acceptors (Lipinski definition) is 5. The zero-order valence-electron chi connectivity index (χ0n) is 14.1. The molecule has 0 spiro atoms. The Morgan fingerprint density at radius 1 is 1.25 bits per heavy atom. The van der Waals surface area contributed by atoms with Crippen molar-refractivity contribution in [3.8, 4) is 0 Å². The first-order valence-corrected chi connectivity index (χ1v) is 9.61. The number of hydrogen-bond donors (Lipinski definition) is 0. The molecule has 3 aromatic rings. The zero-order valence-corrected chi connectivity index (χ0v) is 15.7. The van der Waals surface area contributed by atoms with E-state index in [9.17, 15) is 4.79 Å². The number of rotatable bonds is 6. The van der Waals surface area contributed by atoms with E-state index in [2.05, 4.69) is 27.9 Å². The highest BCUT2D eigenvalue weighted by molar-refractivity contribution is 7.18. The molecular formula is C18H21N3OS2. The van der Waals surface area contributed by atoms with Crippen LogP contribution >= 0.6 is 22.7 Å². The number of thiazole rings is 1. The summed E-state index contributed by atoms with van der Waals surface area (Å²) in [5.41, 5.74) is 2.25. The molecule has 0 aliphatic heterocycles. The standard InChI is InChI=1S/C18H21N3OS2/c1-13(18-19-15-6-4-5-7-16(15)24-18)21(3)17(22)11-20(2)10-14-8-9-23-12-14/h4-9,12-13H,10-11H2,1-3H3/t13-/m0/s1. The van der Waals surface area contributed by atoms with Gasteiger partial charge in [0.15, 0.2) is 0 Å². The Labute approximate surface area is 150 Å². The van der Waals surface area contributed by atoms with Crippen molar-refractivity contribution in [3.63, 3.8) is 0 Å². The summed E-state index contributed by atoms with van der Waals surface area (Å²) in [6.45, 7) is 3.23. The topological polar surface area (TPSA) is 36.4 Å². The number of para-hydroxylation sites is 1. The predicted octanol–water partition coefficient (Wildman–Crippen LogP) is 4.01. The molecule has 3 rings (SSSR count). The summed E-state index contributed by atoms with van der Waals surface area (Å²) in [6, 6.07) is 10.2. The van der Waals surface area contributed by atoms with Crippen LogP contribution < -0.4 is 0 Å². The Balaban J connectivity index is 1.63. The fourth-order valence-corrected chi connectivity index (χ4v) is 4.27. The summed E-state index contributed by atoms with van der Waals surface area (Å²) < 4.78 is 1.16. The van der Waals surface area contributed by atoms with E-state index >= 15 is 0 Å². The first-order valence-electron chi connectivity index (χ1n) is 7.85. The lowest BCUT2D eigenvalue weighted by Crippen LogP contribution is -2.37. The van der Waals surface area contributed by atoms with Gasteiger partial charge in [-0.05, 0) is 48.5 Å². The second-order valence-electron chi connectivity index (χ2n) is 6.00. The highest BCUT2D eigenvalue weighted by Gasteiger charge is 2.21. The molecule has 126 valence electrons. The van der Waals surface area contributed by atoms with Gasteiger partial charge in [0.1, 0.15) is 5.01 Å². The van der Waals surface area contributed by atoms with Crippen LogP contribution in [0.1, 0.15) is 23.5 Å². The molecule has 0 radical (unpaired) electrons. The first kappa shape index (κ1) is 17.1. The normalized spacial score (nSPS) is 12.7. The van der Waals surface area contributed by atoms with Crippen LogP contribution in [0.15, 0.2) is 41.1 Å². The minimum Gasteiger partial charge on any atom is -0.335 e. The van der Waals surface area contributed by atoms with Crippen molar-refractivity contribution in [1.29, 1.82) is 0 Å². The maximum atomic E-state index is 12.6. The number of benzene rings is 1. The van der Waals surface area contributed by atoms with Crippen molar-refractivity contribution in [1.82, 2.24) is 14.8 Å². The minimum atomic E-state index is -0.0237. The van der Waals surface area contributed by atoms with Crippen molar-refractivity contribution in [3.05, 3.63) is 51.7 Å². The number of amides is 1. The van der Waals surface area contributed by atoms with Crippen molar-refractivity contribution in [2.45, 2.75) is 19.5 Å². The van der Waals surface area contributed by atoms with Crippen LogP contribution in [0.2, 0.25) is 0 Å². The molecule has 1 aromatic carbocycles. The molecule has 6 heteroatoms. The molecule has 1 amide bonds. The van der Waals surface area contributed by atoms with E-state index in [-0.39, 0.29) is 11.9 Å². The Bertz CT molecular complexity index is 780. The average molecular weight is 360 g/mol. The zero-order chi connectivity index (χ0) is 17.1. The van der Waals surface area contributed by atoms with E-state index < -0.39 is 0 Å². The van der Waals surface area contributed by atoms with Gasteiger partial charge in [0, 0.05) is 13.6 Å². The SMILES string of the molecule is C[C@@H](c1nc2ccccc2s1)N(C)C(=O)CN(C)Cc1ccsc1. The average Bonchev–Trinajstić information content (AvgIpc) is 3.22. The third-order valence-corrected chi connectivity index (χ3v) is 6.02. The molecule has 0 fully saturated rings. The lowest BCUT2D eigenvalue weighted by atomic mass is 10.3. The third kappa shape index (κ3) is 3.83. The molecule has 4 nitrogen and oxygen atoms in total. The maximum Gasteiger partial charge on any atom is 0.237 e. The Morgan fingerprint density at radius 3 is 2.75 bits per heavy atom. The van der Waals surface area contributed by atoms with Gasteiger partial charge in [0.05, 0.1) is 22.8 Å². The van der Waals surface area contributed by atoms with Gasteiger partial charge in [-0.15, -0.1) is 11.3 Å². The highest BCUT2D eigenvalue weighted by Crippen LogP contribution is 2.28. The fraction of sp³-hybridized carbons (Fsp3) is 0.333. The van der Waals surface area contributed by atoms with Crippen LogP contribution in [0, 0.1) is 0 Å². The molecule has 24 heavy (non-hydrogen) atoms. The minimum absolute atomic E-state index is 0.0237. The van der Waals surface area contributed by atoms with Crippen LogP contribution in [0.5, 0.6) is 0 Å². The van der Waals surface area contributed by atoms with Crippen molar-refractivity contribution in [2.24, 2.45) is 0 Å². The monoisotopic (exact) mass is 359 g/mol. The van der Waals surface area contributed by atoms with Crippen molar-refractivity contribution in [2.75, 3.05) is 20.6 Å². The third-order valence-electron chi connectivity index (χ3n) is 4.08. The molecule has 0 bridgehead atoms. The van der Waals surface area contributed by atoms with Crippen LogP contribution in [-0.4, -0.2) is 41.3 Å². The Hall–Kier alpha value is -1.76. The molecule has 0 unspecified atom stereocenters. The number of likely N-dealkylation sites (N-methyl/N-ethyl adjacent to an activating group) is 2. The molecule has 2 heterocycles. The number of nitrogens with zero attached hydrogens (tertiary/aromatic N) is 3. The van der Waals surface area contributed by atoms with Gasteiger partial charge >= 0.3 is 0 Å². The summed E-state index contributed by atoms with van der Waals surface area (Å²) in [5, 5.41) is 5.16. The molecule has 0 saturated carbocycles.